The van der Waals surface area contributed by atoms with Crippen molar-refractivity contribution in [1.29, 1.82) is 0 Å². The van der Waals surface area contributed by atoms with Gasteiger partial charge < -0.3 is 20.9 Å². The predicted molar refractivity (Wildman–Crippen MR) is 151 cm³/mol. The van der Waals surface area contributed by atoms with Crippen LogP contribution in [-0.2, 0) is 9.59 Å². The number of hydrogen-bond acceptors (Lipinski definition) is 6. The van der Waals surface area contributed by atoms with Crippen LogP contribution in [0.4, 0.5) is 5.69 Å². The first-order chi connectivity index (χ1) is 18.8. The quantitative estimate of drug-likeness (QED) is 0.311. The summed E-state index contributed by atoms with van der Waals surface area (Å²) in [7, 11) is 0. The largest absolute Gasteiger partial charge is 0.357 e. The molecule has 2 aliphatic heterocycles. The number of carbonyl (C=O) groups excluding carboxylic acids is 2. The highest BCUT2D eigenvalue weighted by atomic mass is 16.6. The lowest BCUT2D eigenvalue weighted by Crippen LogP contribution is -2.40. The number of likely N-dealkylation sites (tertiary alicyclic amines) is 1. The first kappa shape index (κ1) is 28.0. The van der Waals surface area contributed by atoms with Gasteiger partial charge in [0.05, 0.1) is 11.0 Å². The fraction of sp³-hybridized carbons (Fsp3) is 0.400. The van der Waals surface area contributed by atoms with E-state index in [9.17, 15) is 19.7 Å². The van der Waals surface area contributed by atoms with Crippen molar-refractivity contribution in [3.05, 3.63) is 99.4 Å². The molecular formula is C30H37N5O4. The van der Waals surface area contributed by atoms with Gasteiger partial charge in [0.1, 0.15) is 5.70 Å². The average molecular weight is 532 g/mol. The molecule has 0 aliphatic carbocycles. The normalized spacial score (nSPS) is 17.0. The maximum Gasteiger partial charge on any atom is 0.269 e. The molecule has 2 amide bonds. The minimum atomic E-state index is -0.434. The summed E-state index contributed by atoms with van der Waals surface area (Å²) in [6, 6.07) is 16.5. The highest BCUT2D eigenvalue weighted by Gasteiger charge is 2.26. The molecule has 4 rings (SSSR count). The lowest BCUT2D eigenvalue weighted by atomic mass is 9.89. The molecule has 39 heavy (non-hydrogen) atoms. The summed E-state index contributed by atoms with van der Waals surface area (Å²) < 4.78 is 0. The molecule has 2 heterocycles. The Labute approximate surface area is 229 Å². The van der Waals surface area contributed by atoms with Crippen LogP contribution in [0.15, 0.2) is 78.1 Å². The third kappa shape index (κ3) is 7.54. The Morgan fingerprint density at radius 2 is 1.72 bits per heavy atom. The molecule has 0 spiro atoms. The number of carbonyl (C=O) groups is 2. The van der Waals surface area contributed by atoms with Crippen molar-refractivity contribution in [1.82, 2.24) is 20.9 Å². The van der Waals surface area contributed by atoms with Gasteiger partial charge in [-0.05, 0) is 75.9 Å². The van der Waals surface area contributed by atoms with Crippen molar-refractivity contribution in [3.8, 4) is 0 Å². The molecule has 1 unspecified atom stereocenters. The van der Waals surface area contributed by atoms with E-state index in [0.29, 0.717) is 24.3 Å². The van der Waals surface area contributed by atoms with Crippen molar-refractivity contribution in [2.24, 2.45) is 0 Å². The third-order valence-electron chi connectivity index (χ3n) is 7.29. The van der Waals surface area contributed by atoms with Crippen LogP contribution in [-0.4, -0.2) is 47.3 Å². The van der Waals surface area contributed by atoms with Crippen molar-refractivity contribution >= 4 is 17.5 Å². The summed E-state index contributed by atoms with van der Waals surface area (Å²) in [6.45, 7) is 6.46. The number of rotatable bonds is 10. The number of benzene rings is 2. The van der Waals surface area contributed by atoms with Crippen molar-refractivity contribution in [3.63, 3.8) is 0 Å². The Hall–Kier alpha value is -3.98. The topological polar surface area (TPSA) is 117 Å². The van der Waals surface area contributed by atoms with Crippen molar-refractivity contribution in [2.45, 2.75) is 57.5 Å². The molecule has 3 N–H and O–H groups in total. The van der Waals surface area contributed by atoms with Gasteiger partial charge in [-0.2, -0.15) is 0 Å². The first-order valence-corrected chi connectivity index (χ1v) is 13.6. The zero-order chi connectivity index (χ0) is 27.8. The summed E-state index contributed by atoms with van der Waals surface area (Å²) >= 11 is 0. The summed E-state index contributed by atoms with van der Waals surface area (Å²) in [6.07, 6.45) is 6.62. The molecule has 1 saturated heterocycles. The Balaban J connectivity index is 1.46. The van der Waals surface area contributed by atoms with E-state index in [1.165, 1.54) is 17.7 Å². The minimum absolute atomic E-state index is 0.00115. The number of amides is 2. The Kier molecular flexibility index (Phi) is 9.49. The highest BCUT2D eigenvalue weighted by Crippen LogP contribution is 2.29. The second-order valence-corrected chi connectivity index (χ2v) is 10.4. The molecule has 0 bridgehead atoms. The van der Waals surface area contributed by atoms with Crippen LogP contribution in [0.3, 0.4) is 0 Å². The average Bonchev–Trinajstić information content (AvgIpc) is 2.95. The van der Waals surface area contributed by atoms with Gasteiger partial charge in [-0.1, -0.05) is 48.5 Å². The van der Waals surface area contributed by atoms with Crippen LogP contribution in [0.1, 0.15) is 62.6 Å². The number of nitro groups is 1. The van der Waals surface area contributed by atoms with E-state index in [1.54, 1.807) is 24.4 Å². The molecule has 0 saturated carbocycles. The predicted octanol–water partition coefficient (Wildman–Crippen LogP) is 4.31. The van der Waals surface area contributed by atoms with Crippen LogP contribution >= 0.6 is 0 Å². The van der Waals surface area contributed by atoms with E-state index in [2.05, 4.69) is 45.1 Å². The summed E-state index contributed by atoms with van der Waals surface area (Å²) in [5.41, 5.74) is 2.78. The van der Waals surface area contributed by atoms with Gasteiger partial charge in [0.15, 0.2) is 0 Å². The Morgan fingerprint density at radius 1 is 1.03 bits per heavy atom. The zero-order valence-corrected chi connectivity index (χ0v) is 22.6. The second-order valence-electron chi connectivity index (χ2n) is 10.4. The highest BCUT2D eigenvalue weighted by molar-refractivity contribution is 6.05. The van der Waals surface area contributed by atoms with Crippen molar-refractivity contribution < 1.29 is 14.5 Å². The van der Waals surface area contributed by atoms with E-state index in [1.807, 2.05) is 19.9 Å². The molecular weight excluding hydrogens is 494 g/mol. The molecule has 1 fully saturated rings. The van der Waals surface area contributed by atoms with E-state index in [0.717, 1.165) is 38.0 Å². The van der Waals surface area contributed by atoms with Gasteiger partial charge in [0, 0.05) is 30.3 Å². The van der Waals surface area contributed by atoms with Crippen LogP contribution in [0.2, 0.25) is 0 Å². The Bertz CT molecular complexity index is 1220. The molecule has 0 aromatic heterocycles. The minimum Gasteiger partial charge on any atom is -0.357 e. The number of nitro benzene ring substituents is 1. The smallest absolute Gasteiger partial charge is 0.269 e. The number of nitrogens with one attached hydrogen (secondary N) is 3. The number of allylic oxidation sites excluding steroid dienone is 1. The van der Waals surface area contributed by atoms with E-state index in [4.69, 9.17) is 0 Å². The van der Waals surface area contributed by atoms with Crippen LogP contribution < -0.4 is 16.0 Å². The van der Waals surface area contributed by atoms with Gasteiger partial charge in [0.2, 0.25) is 5.91 Å². The van der Waals surface area contributed by atoms with Gasteiger partial charge >= 0.3 is 0 Å². The first-order valence-electron chi connectivity index (χ1n) is 13.6. The lowest BCUT2D eigenvalue weighted by molar-refractivity contribution is -0.384. The van der Waals surface area contributed by atoms with Crippen LogP contribution in [0.5, 0.6) is 0 Å². The molecule has 206 valence electrons. The summed E-state index contributed by atoms with van der Waals surface area (Å²) in [4.78, 5) is 39.3. The monoisotopic (exact) mass is 531 g/mol. The fourth-order valence-corrected chi connectivity index (χ4v) is 5.17. The van der Waals surface area contributed by atoms with E-state index < -0.39 is 4.92 Å². The lowest BCUT2D eigenvalue weighted by Gasteiger charge is -2.33. The maximum atomic E-state index is 13.4. The van der Waals surface area contributed by atoms with Crippen molar-refractivity contribution in [2.75, 3.05) is 19.6 Å². The molecule has 2 aromatic carbocycles. The molecule has 0 radical (unpaired) electrons. The fourth-order valence-electron chi connectivity index (χ4n) is 5.17. The van der Waals surface area contributed by atoms with Gasteiger partial charge in [-0.3, -0.25) is 19.7 Å². The number of nitrogens with zero attached hydrogens (tertiary/aromatic N) is 2. The number of piperidine rings is 1. The molecule has 2 aromatic rings. The third-order valence-corrected chi connectivity index (χ3v) is 7.29. The molecule has 9 nitrogen and oxygen atoms in total. The summed E-state index contributed by atoms with van der Waals surface area (Å²) in [5.74, 6) is -0.0973. The zero-order valence-electron chi connectivity index (χ0n) is 22.6. The van der Waals surface area contributed by atoms with Gasteiger partial charge in [0.25, 0.3) is 11.6 Å². The van der Waals surface area contributed by atoms with Gasteiger partial charge in [-0.15, -0.1) is 0 Å². The number of non-ortho nitro benzene ring substituents is 1. The standard InChI is InChI=1S/C30H37N5O4/c1-21(2)32-29(36)26-9-6-17-31-28(26)30(37)33-27(24-10-12-25(13-11-24)35(38)39)16-20-34-18-14-23(15-19-34)22-7-4-3-5-8-22/h3-8,10-13,17,21,23,27,31H,9,14-16,18-20H2,1-2H3,(H,32,36)(H,33,37). The molecule has 1 atom stereocenters. The Morgan fingerprint density at radius 3 is 2.36 bits per heavy atom. The SMILES string of the molecule is CC(C)NC(=O)C1=C(C(=O)NC(CCN2CCC(c3ccccc3)CC2)c2ccc([N+](=O)[O-])cc2)NC=CC1. The number of dihydropyridines is 1. The maximum absolute atomic E-state index is 13.4. The van der Waals surface area contributed by atoms with Crippen LogP contribution in [0, 0.1) is 10.1 Å². The molecule has 9 heteroatoms. The van der Waals surface area contributed by atoms with E-state index in [-0.39, 0.29) is 35.3 Å². The van der Waals surface area contributed by atoms with E-state index >= 15 is 0 Å². The molecule has 2 aliphatic rings. The second kappa shape index (κ2) is 13.2. The van der Waals surface area contributed by atoms with Gasteiger partial charge in [-0.25, -0.2) is 0 Å². The van der Waals surface area contributed by atoms with Crippen LogP contribution in [0.25, 0.3) is 0 Å². The number of hydrogen-bond donors (Lipinski definition) is 3. The summed E-state index contributed by atoms with van der Waals surface area (Å²) in [5, 5.41) is 20.1.